The number of aromatic nitrogens is 1. The Balaban J connectivity index is 1.65. The summed E-state index contributed by atoms with van der Waals surface area (Å²) in [6, 6.07) is 18.3. The predicted octanol–water partition coefficient (Wildman–Crippen LogP) is 4.62. The third-order valence-electron chi connectivity index (χ3n) is 4.90. The minimum atomic E-state index is 0.262. The maximum Gasteiger partial charge on any atom is 0.229 e. The van der Waals surface area contributed by atoms with Crippen molar-refractivity contribution in [1.29, 1.82) is 0 Å². The highest BCUT2D eigenvalue weighted by Crippen LogP contribution is 2.33. The van der Waals surface area contributed by atoms with Crippen molar-refractivity contribution in [3.63, 3.8) is 0 Å². The molecule has 0 radical (unpaired) electrons. The van der Waals surface area contributed by atoms with Gasteiger partial charge in [0.25, 0.3) is 0 Å². The third-order valence-corrected chi connectivity index (χ3v) is 4.90. The second kappa shape index (κ2) is 9.22. The Morgan fingerprint density at radius 3 is 2.47 bits per heavy atom. The first-order valence-corrected chi connectivity index (χ1v) is 9.66. The number of hydrogen-bond donors (Lipinski definition) is 0. The topological polar surface area (TPSA) is 53.1 Å². The van der Waals surface area contributed by atoms with Crippen molar-refractivity contribution in [2.24, 2.45) is 0 Å². The Hall–Kier alpha value is -3.67. The van der Waals surface area contributed by atoms with Crippen LogP contribution in [-0.4, -0.2) is 32.5 Å². The Morgan fingerprint density at radius 1 is 0.900 bits per heavy atom. The number of benzene rings is 2. The van der Waals surface area contributed by atoms with Gasteiger partial charge in [-0.3, -0.25) is 4.98 Å². The van der Waals surface area contributed by atoms with Gasteiger partial charge in [-0.25, -0.2) is 0 Å². The number of pyridine rings is 1. The molecule has 1 aliphatic heterocycles. The molecule has 0 amide bonds. The first-order valence-electron chi connectivity index (χ1n) is 9.66. The lowest BCUT2D eigenvalue weighted by molar-refractivity contribution is 0.0797. The quantitative estimate of drug-likeness (QED) is 0.546. The molecular weight excluding hydrogens is 380 g/mol. The van der Waals surface area contributed by atoms with Crippen molar-refractivity contribution in [1.82, 2.24) is 4.98 Å². The number of methoxy groups -OCH3 is 2. The van der Waals surface area contributed by atoms with Crippen LogP contribution in [0.2, 0.25) is 0 Å². The predicted molar refractivity (Wildman–Crippen MR) is 115 cm³/mol. The van der Waals surface area contributed by atoms with Crippen molar-refractivity contribution >= 4 is 5.69 Å². The van der Waals surface area contributed by atoms with Crippen molar-refractivity contribution in [2.75, 3.05) is 32.5 Å². The number of rotatable bonds is 8. The monoisotopic (exact) mass is 404 g/mol. The highest BCUT2D eigenvalue weighted by Gasteiger charge is 2.16. The molecule has 3 aromatic rings. The van der Waals surface area contributed by atoms with Crippen LogP contribution in [0.3, 0.4) is 0 Å². The van der Waals surface area contributed by atoms with Crippen LogP contribution in [-0.2, 0) is 16.0 Å². The van der Waals surface area contributed by atoms with E-state index >= 15 is 0 Å². The molecule has 2 aromatic carbocycles. The zero-order chi connectivity index (χ0) is 20.8. The van der Waals surface area contributed by atoms with Gasteiger partial charge in [0.1, 0.15) is 6.26 Å². The molecule has 0 N–H and O–H groups in total. The first kappa shape index (κ1) is 19.6. The average Bonchev–Trinajstić information content (AvgIpc) is 3.32. The summed E-state index contributed by atoms with van der Waals surface area (Å²) < 4.78 is 21.6. The van der Waals surface area contributed by atoms with Crippen LogP contribution in [0, 0.1) is 0 Å². The summed E-state index contributed by atoms with van der Waals surface area (Å²) in [7, 11) is 3.26. The number of anilines is 1. The van der Waals surface area contributed by atoms with Crippen LogP contribution in [0.25, 0.3) is 11.1 Å². The highest BCUT2D eigenvalue weighted by molar-refractivity contribution is 5.70. The zero-order valence-electron chi connectivity index (χ0n) is 17.1. The molecular formula is C24H24N2O4. The molecule has 1 aromatic heterocycles. The third kappa shape index (κ3) is 4.49. The zero-order valence-corrected chi connectivity index (χ0v) is 17.1. The van der Waals surface area contributed by atoms with E-state index in [0.29, 0.717) is 18.0 Å². The molecule has 0 bridgehead atoms. The van der Waals surface area contributed by atoms with E-state index in [-0.39, 0.29) is 6.79 Å². The lowest BCUT2D eigenvalue weighted by atomic mass is 10.1. The summed E-state index contributed by atoms with van der Waals surface area (Å²) in [6.45, 7) is 1.57. The normalized spacial score (nSPS) is 12.5. The van der Waals surface area contributed by atoms with E-state index < -0.39 is 0 Å². The SMILES string of the molecule is COc1ccc(-c2cncc(N(CC3=COCO3)Cc3ccccc3)c2)cc1OC. The first-order chi connectivity index (χ1) is 14.8. The molecule has 30 heavy (non-hydrogen) atoms. The summed E-state index contributed by atoms with van der Waals surface area (Å²) in [5, 5.41) is 0. The average molecular weight is 404 g/mol. The van der Waals surface area contributed by atoms with Gasteiger partial charge < -0.3 is 23.8 Å². The molecule has 1 aliphatic rings. The van der Waals surface area contributed by atoms with E-state index in [1.54, 1.807) is 20.5 Å². The highest BCUT2D eigenvalue weighted by atomic mass is 16.7. The number of nitrogens with zero attached hydrogens (tertiary/aromatic N) is 2. The smallest absolute Gasteiger partial charge is 0.229 e. The lowest BCUT2D eigenvalue weighted by Gasteiger charge is -2.25. The molecule has 0 aliphatic carbocycles. The molecule has 0 saturated carbocycles. The van der Waals surface area contributed by atoms with Crippen LogP contribution in [0.15, 0.2) is 79.0 Å². The van der Waals surface area contributed by atoms with Crippen LogP contribution >= 0.6 is 0 Å². The minimum absolute atomic E-state index is 0.262. The maximum absolute atomic E-state index is 5.56. The standard InChI is InChI=1S/C24H24N2O4/c1-27-23-9-8-19(11-24(23)28-2)20-10-21(13-25-12-20)26(15-22-16-29-17-30-22)14-18-6-4-3-5-7-18/h3-13,16H,14-15,17H2,1-2H3. The molecule has 0 fully saturated rings. The summed E-state index contributed by atoms with van der Waals surface area (Å²) in [5.41, 5.74) is 4.18. The number of hydrogen-bond acceptors (Lipinski definition) is 6. The fourth-order valence-electron chi connectivity index (χ4n) is 3.36. The van der Waals surface area contributed by atoms with Crippen LogP contribution < -0.4 is 14.4 Å². The number of ether oxygens (including phenoxy) is 4. The van der Waals surface area contributed by atoms with Gasteiger partial charge in [0.2, 0.25) is 6.79 Å². The van der Waals surface area contributed by atoms with E-state index in [1.165, 1.54) is 5.56 Å². The largest absolute Gasteiger partial charge is 0.493 e. The summed E-state index contributed by atoms with van der Waals surface area (Å²) in [6.07, 6.45) is 5.38. The minimum Gasteiger partial charge on any atom is -0.493 e. The molecule has 2 heterocycles. The van der Waals surface area contributed by atoms with Crippen molar-refractivity contribution in [3.05, 3.63) is 84.6 Å². The van der Waals surface area contributed by atoms with Gasteiger partial charge in [-0.05, 0) is 29.3 Å². The van der Waals surface area contributed by atoms with Gasteiger partial charge in [0.15, 0.2) is 17.3 Å². The Morgan fingerprint density at radius 2 is 1.73 bits per heavy atom. The van der Waals surface area contributed by atoms with E-state index in [0.717, 1.165) is 29.1 Å². The van der Waals surface area contributed by atoms with Gasteiger partial charge in [0.05, 0.1) is 32.6 Å². The van der Waals surface area contributed by atoms with Gasteiger partial charge >= 0.3 is 0 Å². The van der Waals surface area contributed by atoms with Gasteiger partial charge in [-0.1, -0.05) is 36.4 Å². The van der Waals surface area contributed by atoms with E-state index in [2.05, 4.69) is 28.1 Å². The van der Waals surface area contributed by atoms with Crippen molar-refractivity contribution in [3.8, 4) is 22.6 Å². The molecule has 6 nitrogen and oxygen atoms in total. The van der Waals surface area contributed by atoms with Gasteiger partial charge in [0, 0.05) is 18.3 Å². The Labute approximate surface area is 176 Å². The molecule has 0 saturated heterocycles. The van der Waals surface area contributed by atoms with Crippen LogP contribution in [0.1, 0.15) is 5.56 Å². The molecule has 154 valence electrons. The van der Waals surface area contributed by atoms with Crippen molar-refractivity contribution < 1.29 is 18.9 Å². The molecule has 0 spiro atoms. The van der Waals surface area contributed by atoms with Gasteiger partial charge in [-0.2, -0.15) is 0 Å². The summed E-state index contributed by atoms with van der Waals surface area (Å²) in [4.78, 5) is 6.71. The second-order valence-corrected chi connectivity index (χ2v) is 6.86. The Bertz CT molecular complexity index is 1020. The Kier molecular flexibility index (Phi) is 6.03. The van der Waals surface area contributed by atoms with Crippen LogP contribution in [0.4, 0.5) is 5.69 Å². The second-order valence-electron chi connectivity index (χ2n) is 6.86. The van der Waals surface area contributed by atoms with Gasteiger partial charge in [-0.15, -0.1) is 0 Å². The van der Waals surface area contributed by atoms with Crippen LogP contribution in [0.5, 0.6) is 11.5 Å². The fourth-order valence-corrected chi connectivity index (χ4v) is 3.36. The summed E-state index contributed by atoms with van der Waals surface area (Å²) in [5.74, 6) is 2.17. The van der Waals surface area contributed by atoms with E-state index in [1.807, 2.05) is 48.8 Å². The van der Waals surface area contributed by atoms with E-state index in [9.17, 15) is 0 Å². The van der Waals surface area contributed by atoms with Crippen molar-refractivity contribution in [2.45, 2.75) is 6.54 Å². The lowest BCUT2D eigenvalue weighted by Crippen LogP contribution is -2.25. The molecule has 0 unspecified atom stereocenters. The van der Waals surface area contributed by atoms with E-state index in [4.69, 9.17) is 18.9 Å². The molecule has 6 heteroatoms. The molecule has 0 atom stereocenters. The maximum atomic E-state index is 5.56. The molecule has 4 rings (SSSR count). The summed E-state index contributed by atoms with van der Waals surface area (Å²) >= 11 is 0. The fraction of sp³-hybridized carbons (Fsp3) is 0.208.